The van der Waals surface area contributed by atoms with Gasteiger partial charge in [0.2, 0.25) is 0 Å². The molecule has 17 heavy (non-hydrogen) atoms. The van der Waals surface area contributed by atoms with Gasteiger partial charge in [0.15, 0.2) is 0 Å². The quantitative estimate of drug-likeness (QED) is 0.847. The molecule has 0 radical (unpaired) electrons. The van der Waals surface area contributed by atoms with Crippen LogP contribution in [0.25, 0.3) is 0 Å². The van der Waals surface area contributed by atoms with Crippen molar-refractivity contribution in [2.24, 2.45) is 0 Å². The maximum atomic E-state index is 4.75. The van der Waals surface area contributed by atoms with Crippen LogP contribution in [0.5, 0.6) is 0 Å². The molecule has 0 bridgehead atoms. The van der Waals surface area contributed by atoms with E-state index in [-0.39, 0.29) is 0 Å². The fourth-order valence-corrected chi connectivity index (χ4v) is 2.54. The van der Waals surface area contributed by atoms with Crippen LogP contribution in [0.2, 0.25) is 0 Å². The van der Waals surface area contributed by atoms with E-state index in [4.69, 9.17) is 4.98 Å². The monoisotopic (exact) mass is 233 g/mol. The first kappa shape index (κ1) is 12.4. The molecule has 1 fully saturated rings. The van der Waals surface area contributed by atoms with Crippen molar-refractivity contribution in [3.05, 3.63) is 23.9 Å². The zero-order chi connectivity index (χ0) is 12.1. The molecule has 2 rings (SSSR count). The number of nitrogens with zero attached hydrogens (tertiary/aromatic N) is 2. The molecule has 1 aromatic rings. The largest absolute Gasteiger partial charge is 0.354 e. The van der Waals surface area contributed by atoms with Gasteiger partial charge in [0.1, 0.15) is 5.82 Å². The van der Waals surface area contributed by atoms with E-state index in [1.54, 1.807) is 0 Å². The van der Waals surface area contributed by atoms with E-state index >= 15 is 0 Å². The summed E-state index contributed by atoms with van der Waals surface area (Å²) in [6.45, 7) is 7.42. The minimum Gasteiger partial charge on any atom is -0.354 e. The fourth-order valence-electron chi connectivity index (χ4n) is 2.54. The summed E-state index contributed by atoms with van der Waals surface area (Å²) >= 11 is 0. The predicted octanol–water partition coefficient (Wildman–Crippen LogP) is 2.57. The van der Waals surface area contributed by atoms with Gasteiger partial charge in [-0.25, -0.2) is 4.98 Å². The summed E-state index contributed by atoms with van der Waals surface area (Å²) in [5.41, 5.74) is 1.14. The lowest BCUT2D eigenvalue weighted by atomic mass is 10.2. The molecule has 1 unspecified atom stereocenters. The van der Waals surface area contributed by atoms with Gasteiger partial charge in [-0.05, 0) is 37.9 Å². The number of pyridine rings is 1. The molecule has 0 aromatic carbocycles. The Labute approximate surface area is 104 Å². The van der Waals surface area contributed by atoms with Gasteiger partial charge in [-0.2, -0.15) is 0 Å². The summed E-state index contributed by atoms with van der Waals surface area (Å²) in [6, 6.07) is 7.06. The summed E-state index contributed by atoms with van der Waals surface area (Å²) in [6.07, 6.45) is 3.84. The summed E-state index contributed by atoms with van der Waals surface area (Å²) < 4.78 is 0. The summed E-state index contributed by atoms with van der Waals surface area (Å²) in [5.74, 6) is 1.16. The zero-order valence-electron chi connectivity index (χ0n) is 10.9. The van der Waals surface area contributed by atoms with Crippen LogP contribution < -0.4 is 10.2 Å². The number of hydrogen-bond acceptors (Lipinski definition) is 3. The lowest BCUT2D eigenvalue weighted by Crippen LogP contribution is -2.29. The van der Waals surface area contributed by atoms with Gasteiger partial charge in [0, 0.05) is 19.1 Å². The predicted molar refractivity (Wildman–Crippen MR) is 72.3 cm³/mol. The third-order valence-electron chi connectivity index (χ3n) is 3.49. The second-order valence-corrected chi connectivity index (χ2v) is 4.67. The Morgan fingerprint density at radius 1 is 1.41 bits per heavy atom. The number of rotatable bonds is 5. The van der Waals surface area contributed by atoms with E-state index in [1.165, 1.54) is 19.3 Å². The lowest BCUT2D eigenvalue weighted by molar-refractivity contribution is 0.637. The Balaban J connectivity index is 2.09. The van der Waals surface area contributed by atoms with Crippen LogP contribution in [0.15, 0.2) is 18.2 Å². The van der Waals surface area contributed by atoms with Gasteiger partial charge in [-0.3, -0.25) is 0 Å². The zero-order valence-corrected chi connectivity index (χ0v) is 10.9. The first-order chi connectivity index (χ1) is 8.35. The molecule has 1 atom stereocenters. The molecule has 0 amide bonds. The smallest absolute Gasteiger partial charge is 0.129 e. The molecular formula is C14H23N3. The van der Waals surface area contributed by atoms with Gasteiger partial charge in [-0.15, -0.1) is 0 Å². The van der Waals surface area contributed by atoms with Gasteiger partial charge in [0.25, 0.3) is 0 Å². The second kappa shape index (κ2) is 6.01. The molecule has 1 saturated heterocycles. The Morgan fingerprint density at radius 2 is 2.29 bits per heavy atom. The average molecular weight is 233 g/mol. The highest BCUT2D eigenvalue weighted by molar-refractivity contribution is 5.41. The summed E-state index contributed by atoms with van der Waals surface area (Å²) in [7, 11) is 0. The maximum absolute atomic E-state index is 4.75. The third kappa shape index (κ3) is 2.97. The van der Waals surface area contributed by atoms with E-state index < -0.39 is 0 Å². The van der Waals surface area contributed by atoms with Crippen LogP contribution in [-0.4, -0.2) is 24.1 Å². The molecule has 3 nitrogen and oxygen atoms in total. The van der Waals surface area contributed by atoms with Crippen molar-refractivity contribution in [2.75, 3.05) is 18.0 Å². The van der Waals surface area contributed by atoms with E-state index in [2.05, 4.69) is 42.3 Å². The van der Waals surface area contributed by atoms with Crippen LogP contribution in [0.4, 0.5) is 5.82 Å². The van der Waals surface area contributed by atoms with Crippen LogP contribution in [0.3, 0.4) is 0 Å². The maximum Gasteiger partial charge on any atom is 0.129 e. The van der Waals surface area contributed by atoms with E-state index in [0.717, 1.165) is 31.1 Å². The van der Waals surface area contributed by atoms with Crippen LogP contribution >= 0.6 is 0 Å². The van der Waals surface area contributed by atoms with E-state index in [1.807, 2.05) is 0 Å². The molecule has 1 aliphatic heterocycles. The fraction of sp³-hybridized carbons (Fsp3) is 0.643. The summed E-state index contributed by atoms with van der Waals surface area (Å²) in [4.78, 5) is 7.22. The van der Waals surface area contributed by atoms with Crippen molar-refractivity contribution >= 4 is 5.82 Å². The molecule has 0 spiro atoms. The highest BCUT2D eigenvalue weighted by atomic mass is 15.2. The highest BCUT2D eigenvalue weighted by Crippen LogP contribution is 2.25. The minimum absolute atomic E-state index is 0.692. The Bertz CT molecular complexity index is 351. The molecule has 1 aromatic heterocycles. The van der Waals surface area contributed by atoms with Crippen molar-refractivity contribution in [3.8, 4) is 0 Å². The minimum atomic E-state index is 0.692. The second-order valence-electron chi connectivity index (χ2n) is 4.67. The first-order valence-electron chi connectivity index (χ1n) is 6.78. The third-order valence-corrected chi connectivity index (χ3v) is 3.49. The first-order valence-corrected chi connectivity index (χ1v) is 6.78. The van der Waals surface area contributed by atoms with Crippen molar-refractivity contribution in [2.45, 2.75) is 45.7 Å². The van der Waals surface area contributed by atoms with E-state index in [9.17, 15) is 0 Å². The lowest BCUT2D eigenvalue weighted by Gasteiger charge is -2.25. The van der Waals surface area contributed by atoms with E-state index in [0.29, 0.717) is 6.04 Å². The summed E-state index contributed by atoms with van der Waals surface area (Å²) in [5, 5.41) is 3.33. The average Bonchev–Trinajstić information content (AvgIpc) is 2.85. The Morgan fingerprint density at radius 3 is 3.06 bits per heavy atom. The molecule has 0 aliphatic carbocycles. The van der Waals surface area contributed by atoms with Crippen LogP contribution in [-0.2, 0) is 6.54 Å². The van der Waals surface area contributed by atoms with Crippen molar-refractivity contribution in [3.63, 3.8) is 0 Å². The van der Waals surface area contributed by atoms with Crippen LogP contribution in [0.1, 0.15) is 38.8 Å². The molecule has 3 heteroatoms. The number of anilines is 1. The Kier molecular flexibility index (Phi) is 4.37. The van der Waals surface area contributed by atoms with Gasteiger partial charge in [0.05, 0.1) is 5.69 Å². The molecule has 1 N–H and O–H groups in total. The molecule has 2 heterocycles. The van der Waals surface area contributed by atoms with Crippen molar-refractivity contribution < 1.29 is 0 Å². The molecule has 1 aliphatic rings. The SMILES string of the molecule is CCNCc1cccc(N2CCCC2CC)n1. The van der Waals surface area contributed by atoms with Gasteiger partial charge < -0.3 is 10.2 Å². The molecule has 0 saturated carbocycles. The molecule has 94 valence electrons. The number of aromatic nitrogens is 1. The van der Waals surface area contributed by atoms with Crippen LogP contribution in [0, 0.1) is 0 Å². The standard InChI is InChI=1S/C14H23N3/c1-3-13-8-6-10-17(13)14-9-5-7-12(16-14)11-15-4-2/h5,7,9,13,15H,3-4,6,8,10-11H2,1-2H3. The number of nitrogens with one attached hydrogen (secondary N) is 1. The highest BCUT2D eigenvalue weighted by Gasteiger charge is 2.23. The normalized spacial score (nSPS) is 19.9. The Hall–Kier alpha value is -1.09. The van der Waals surface area contributed by atoms with Crippen molar-refractivity contribution in [1.29, 1.82) is 0 Å². The van der Waals surface area contributed by atoms with Gasteiger partial charge in [-0.1, -0.05) is 19.9 Å². The van der Waals surface area contributed by atoms with Crippen molar-refractivity contribution in [1.82, 2.24) is 10.3 Å². The number of hydrogen-bond donors (Lipinski definition) is 1. The topological polar surface area (TPSA) is 28.2 Å². The molecular weight excluding hydrogens is 210 g/mol. The van der Waals surface area contributed by atoms with Gasteiger partial charge >= 0.3 is 0 Å².